The Hall–Kier alpha value is -6.16. The average Bonchev–Trinajstić information content (AvgIpc) is 3.56. The molecule has 5 aromatic rings. The van der Waals surface area contributed by atoms with Crippen molar-refractivity contribution in [3.63, 3.8) is 0 Å². The molecule has 0 N–H and O–H groups in total. The van der Waals surface area contributed by atoms with Crippen LogP contribution in [0.3, 0.4) is 0 Å². The minimum absolute atomic E-state index is 0. The number of amides is 2. The molecule has 0 saturated carbocycles. The first-order valence-corrected chi connectivity index (χ1v) is 16.6. The van der Waals surface area contributed by atoms with Gasteiger partial charge in [0.1, 0.15) is 11.4 Å². The molecule has 0 atom stereocenters. The van der Waals surface area contributed by atoms with Gasteiger partial charge in [-0.15, -0.1) is 10.2 Å². The largest absolute Gasteiger partial charge is 2.00 e. The smallest absolute Gasteiger partial charge is 0.870 e. The van der Waals surface area contributed by atoms with Gasteiger partial charge in [-0.3, -0.25) is 19.3 Å². The molecule has 0 fully saturated rings. The first kappa shape index (κ1) is 35.7. The topological polar surface area (TPSA) is 132 Å². The quantitative estimate of drug-likeness (QED) is 0.0464. The van der Waals surface area contributed by atoms with Crippen molar-refractivity contribution in [3.8, 4) is 5.75 Å². The number of esters is 1. The maximum atomic E-state index is 13.9. The zero-order valence-corrected chi connectivity index (χ0v) is 29.0. The van der Waals surface area contributed by atoms with Crippen molar-refractivity contribution < 1.29 is 46.1 Å². The van der Waals surface area contributed by atoms with Crippen molar-refractivity contribution in [1.29, 1.82) is 0 Å². The number of ketones is 1. The zero-order valence-electron chi connectivity index (χ0n) is 28.1. The summed E-state index contributed by atoms with van der Waals surface area (Å²) in [5.74, 6) is -3.09. The fourth-order valence-corrected chi connectivity index (χ4v) is 6.46. The molecule has 0 unspecified atom stereocenters. The minimum Gasteiger partial charge on any atom is -0.870 e. The number of hydrogen-bond donors (Lipinski definition) is 0. The van der Waals surface area contributed by atoms with Crippen molar-refractivity contribution >= 4 is 52.1 Å². The molecule has 1 radical (unpaired) electrons. The summed E-state index contributed by atoms with van der Waals surface area (Å²) in [7, 11) is 0. The van der Waals surface area contributed by atoms with Crippen LogP contribution in [0.1, 0.15) is 73.7 Å². The molecule has 52 heavy (non-hydrogen) atoms. The fourth-order valence-electron chi connectivity index (χ4n) is 6.46. The number of rotatable bonds is 10. The minimum atomic E-state index is -0.824. The van der Waals surface area contributed by atoms with Gasteiger partial charge in [-0.1, -0.05) is 80.3 Å². The van der Waals surface area contributed by atoms with Crippen LogP contribution in [0.15, 0.2) is 137 Å². The SMILES string of the molecule is CCC(CC)N1C(=O)c2c(N=NC3=C([O-])c4ccc(N(c5ccccc5)c5ccccc5)cc4C3=O)ccc(C(=O)Oc3ccccc3)c2C1=O.[Cu+2]. The Morgan fingerprint density at radius 2 is 1.29 bits per heavy atom. The van der Waals surface area contributed by atoms with Crippen LogP contribution >= 0.6 is 0 Å². The van der Waals surface area contributed by atoms with E-state index < -0.39 is 41.1 Å². The Bertz CT molecular complexity index is 2210. The predicted octanol–water partition coefficient (Wildman–Crippen LogP) is 8.17. The molecule has 10 nitrogen and oxygen atoms in total. The van der Waals surface area contributed by atoms with E-state index in [-0.39, 0.29) is 56.3 Å². The number of benzene rings is 5. The number of carbonyl (C=O) groups excluding carboxylic acids is 4. The van der Waals surface area contributed by atoms with E-state index in [0.717, 1.165) is 16.3 Å². The summed E-state index contributed by atoms with van der Waals surface area (Å²) in [5.41, 5.74) is 1.82. The summed E-state index contributed by atoms with van der Waals surface area (Å²) < 4.78 is 5.51. The number of Topliss-reactive ketones (excluding diaryl/α,β-unsaturated/α-hetero) is 1. The predicted molar refractivity (Wildman–Crippen MR) is 190 cm³/mol. The molecule has 7 rings (SSSR count). The number of allylic oxidation sites excluding steroid dienone is 1. The molecule has 5 aromatic carbocycles. The summed E-state index contributed by atoms with van der Waals surface area (Å²) in [6.07, 6.45) is 0.992. The average molecular weight is 739 g/mol. The number of para-hydroxylation sites is 3. The molecular formula is C41H31CuN4O6+. The third-order valence-corrected chi connectivity index (χ3v) is 9.00. The third kappa shape index (κ3) is 6.32. The van der Waals surface area contributed by atoms with Crippen molar-refractivity contribution in [1.82, 2.24) is 4.90 Å². The van der Waals surface area contributed by atoms with Gasteiger partial charge in [0, 0.05) is 28.7 Å². The molecule has 0 saturated heterocycles. The molecule has 1 heterocycles. The molecule has 1 aliphatic carbocycles. The first-order chi connectivity index (χ1) is 24.8. The van der Waals surface area contributed by atoms with Crippen molar-refractivity contribution in [2.75, 3.05) is 4.90 Å². The number of azo groups is 1. The van der Waals surface area contributed by atoms with Crippen molar-refractivity contribution in [2.24, 2.45) is 10.2 Å². The second-order valence-corrected chi connectivity index (χ2v) is 12.0. The Morgan fingerprint density at radius 1 is 0.712 bits per heavy atom. The van der Waals surface area contributed by atoms with Crippen molar-refractivity contribution in [2.45, 2.75) is 32.7 Å². The van der Waals surface area contributed by atoms with Crippen LogP contribution in [0.2, 0.25) is 0 Å². The van der Waals surface area contributed by atoms with Crippen LogP contribution in [-0.4, -0.2) is 34.5 Å². The molecule has 0 spiro atoms. The van der Waals surface area contributed by atoms with Crippen LogP contribution in [0.25, 0.3) is 5.76 Å². The van der Waals surface area contributed by atoms with Gasteiger partial charge in [0.05, 0.1) is 22.4 Å². The van der Waals surface area contributed by atoms with Crippen LogP contribution in [0.4, 0.5) is 22.7 Å². The zero-order chi connectivity index (χ0) is 35.6. The van der Waals surface area contributed by atoms with Gasteiger partial charge in [-0.2, -0.15) is 0 Å². The summed E-state index contributed by atoms with van der Waals surface area (Å²) in [5, 5.41) is 21.8. The number of hydrogen-bond acceptors (Lipinski definition) is 9. The maximum Gasteiger partial charge on any atom is 2.00 e. The van der Waals surface area contributed by atoms with Crippen LogP contribution < -0.4 is 14.7 Å². The second-order valence-electron chi connectivity index (χ2n) is 12.0. The van der Waals surface area contributed by atoms with E-state index in [4.69, 9.17) is 4.74 Å². The molecule has 2 aliphatic rings. The van der Waals surface area contributed by atoms with Crippen LogP contribution in [0, 0.1) is 0 Å². The number of fused-ring (bicyclic) bond motifs is 2. The number of imide groups is 1. The molecule has 2 amide bonds. The Balaban J connectivity index is 0.00000464. The molecule has 0 aromatic heterocycles. The van der Waals surface area contributed by atoms with Gasteiger partial charge < -0.3 is 14.7 Å². The van der Waals surface area contributed by atoms with E-state index in [2.05, 4.69) is 10.2 Å². The molecule has 261 valence electrons. The standard InChI is InChI=1S/C41H32N4O6.Cu/c1-3-25(4-2)45-39(48)34-31(41(50)51-29-18-12-7-13-19-29)22-23-33(35(34)40(45)49)42-43-36-37(46)30-21-20-28(24-32(30)38(36)47)44(26-14-8-5-9-15-26)27-16-10-6-11-17-27;/h5-25,46H,3-4H2,1-2H3;/q;+2/p-1. The molecule has 0 bridgehead atoms. The maximum absolute atomic E-state index is 13.9. The summed E-state index contributed by atoms with van der Waals surface area (Å²) in [6, 6.07) is 34.9. The van der Waals surface area contributed by atoms with E-state index >= 15 is 0 Å². The Labute approximate surface area is 310 Å². The van der Waals surface area contributed by atoms with Gasteiger partial charge >= 0.3 is 23.0 Å². The second kappa shape index (κ2) is 15.0. The van der Waals surface area contributed by atoms with Crippen LogP contribution in [-0.2, 0) is 17.1 Å². The van der Waals surface area contributed by atoms with Crippen molar-refractivity contribution in [3.05, 3.63) is 155 Å². The summed E-state index contributed by atoms with van der Waals surface area (Å²) >= 11 is 0. The summed E-state index contributed by atoms with van der Waals surface area (Å²) in [6.45, 7) is 3.72. The number of carbonyl (C=O) groups is 4. The van der Waals surface area contributed by atoms with E-state index in [1.807, 2.05) is 79.4 Å². The van der Waals surface area contributed by atoms with E-state index in [9.17, 15) is 24.3 Å². The van der Waals surface area contributed by atoms with E-state index in [0.29, 0.717) is 18.5 Å². The van der Waals surface area contributed by atoms with Gasteiger partial charge in [0.25, 0.3) is 11.8 Å². The third-order valence-electron chi connectivity index (χ3n) is 9.00. The van der Waals surface area contributed by atoms with Gasteiger partial charge in [-0.05, 0) is 79.1 Å². The van der Waals surface area contributed by atoms with Crippen LogP contribution in [0.5, 0.6) is 5.75 Å². The number of anilines is 3. The number of nitrogens with zero attached hydrogens (tertiary/aromatic N) is 4. The molecule has 11 heteroatoms. The number of ether oxygens (including phenoxy) is 1. The molecule has 1 aliphatic heterocycles. The summed E-state index contributed by atoms with van der Waals surface area (Å²) in [4.78, 5) is 57.9. The van der Waals surface area contributed by atoms with E-state index in [1.54, 1.807) is 48.5 Å². The Kier molecular flexibility index (Phi) is 10.3. The Morgan fingerprint density at radius 3 is 1.88 bits per heavy atom. The normalized spacial score (nSPS) is 13.4. The monoisotopic (exact) mass is 738 g/mol. The van der Waals surface area contributed by atoms with Gasteiger partial charge in [0.2, 0.25) is 5.78 Å². The fraction of sp³-hybridized carbons (Fsp3) is 0.122. The van der Waals surface area contributed by atoms with E-state index in [1.165, 1.54) is 12.1 Å². The van der Waals surface area contributed by atoms with Gasteiger partial charge in [0.15, 0.2) is 0 Å². The molecular weight excluding hydrogens is 708 g/mol. The first-order valence-electron chi connectivity index (χ1n) is 16.6. The van der Waals surface area contributed by atoms with Gasteiger partial charge in [-0.25, -0.2) is 4.79 Å².